The predicted octanol–water partition coefficient (Wildman–Crippen LogP) is 5.10. The van der Waals surface area contributed by atoms with Crippen molar-refractivity contribution >= 4 is 37.5 Å². The lowest BCUT2D eigenvalue weighted by Gasteiger charge is -1.96. The number of aromatic nitrogens is 2. The molecule has 0 radical (unpaired) electrons. The van der Waals surface area contributed by atoms with Gasteiger partial charge in [0, 0.05) is 40.0 Å². The lowest BCUT2D eigenvalue weighted by Crippen LogP contribution is -1.79. The van der Waals surface area contributed by atoms with Gasteiger partial charge in [0.25, 0.3) is 0 Å². The molecule has 0 N–H and O–H groups in total. The van der Waals surface area contributed by atoms with Gasteiger partial charge >= 0.3 is 0 Å². The number of hydrogen-bond acceptors (Lipinski definition) is 3. The van der Waals surface area contributed by atoms with Crippen LogP contribution in [-0.2, 0) is 0 Å². The Labute approximate surface area is 142 Å². The molecule has 4 heteroatoms. The molecule has 0 atom stereocenters. The molecule has 0 spiro atoms. The quantitative estimate of drug-likeness (QED) is 0.437. The minimum atomic E-state index is 0.681. The topological polar surface area (TPSA) is 49.6 Å². The summed E-state index contributed by atoms with van der Waals surface area (Å²) >= 11 is 3.46. The van der Waals surface area contributed by atoms with E-state index in [1.807, 2.05) is 42.6 Å². The smallest absolute Gasteiger partial charge is 0.0998 e. The Kier molecular flexibility index (Phi) is 4.60. The second kappa shape index (κ2) is 6.99. The minimum Gasteiger partial charge on any atom is -0.264 e. The molecule has 0 bridgehead atoms. The number of benzene rings is 2. The lowest BCUT2D eigenvalue weighted by molar-refractivity contribution is 1.36. The van der Waals surface area contributed by atoms with Crippen molar-refractivity contribution in [2.75, 3.05) is 0 Å². The number of pyridine rings is 2. The molecule has 23 heavy (non-hydrogen) atoms. The van der Waals surface area contributed by atoms with Crippen LogP contribution >= 0.6 is 15.9 Å². The summed E-state index contributed by atoms with van der Waals surface area (Å²) in [6, 6.07) is 17.8. The minimum absolute atomic E-state index is 0.681. The van der Waals surface area contributed by atoms with Gasteiger partial charge in [-0.25, -0.2) is 0 Å². The average Bonchev–Trinajstić information content (AvgIpc) is 2.62. The fourth-order valence-corrected chi connectivity index (χ4v) is 2.77. The highest BCUT2D eigenvalue weighted by Crippen LogP contribution is 2.21. The third kappa shape index (κ3) is 3.36. The van der Waals surface area contributed by atoms with Gasteiger partial charge in [0.1, 0.15) is 0 Å². The molecule has 2 aromatic carbocycles. The summed E-state index contributed by atoms with van der Waals surface area (Å²) in [6.07, 6.45) is 7.10. The number of rotatable bonds is 0. The van der Waals surface area contributed by atoms with E-state index in [1.165, 1.54) is 5.39 Å². The third-order valence-corrected chi connectivity index (χ3v) is 4.13. The molecule has 110 valence electrons. The van der Waals surface area contributed by atoms with E-state index in [2.05, 4.69) is 38.0 Å². The molecule has 0 saturated heterocycles. The first kappa shape index (κ1) is 15.1. The van der Waals surface area contributed by atoms with Gasteiger partial charge in [-0.05, 0) is 35.0 Å². The zero-order chi connectivity index (χ0) is 16.1. The van der Waals surface area contributed by atoms with Gasteiger partial charge in [0.15, 0.2) is 0 Å². The van der Waals surface area contributed by atoms with Crippen molar-refractivity contribution in [3.63, 3.8) is 0 Å². The Morgan fingerprint density at radius 2 is 1.39 bits per heavy atom. The lowest BCUT2D eigenvalue weighted by atomic mass is 10.1. The molecule has 0 aliphatic heterocycles. The molecular weight excluding hydrogens is 350 g/mol. The standard InChI is InChI=1S/C10H6N2.C9H6BrN/c11-6-9-3-1-2-8-4-5-12-7-10(8)9;10-9-3-1-2-7-4-5-11-6-8(7)9/h1-5,7H;1-6H. The van der Waals surface area contributed by atoms with E-state index in [1.54, 1.807) is 24.7 Å². The van der Waals surface area contributed by atoms with Gasteiger partial charge in [0.2, 0.25) is 0 Å². The van der Waals surface area contributed by atoms with Crippen molar-refractivity contribution in [1.82, 2.24) is 9.97 Å². The summed E-state index contributed by atoms with van der Waals surface area (Å²) in [4.78, 5) is 8.01. The van der Waals surface area contributed by atoms with E-state index in [4.69, 9.17) is 5.26 Å². The number of fused-ring (bicyclic) bond motifs is 2. The molecular formula is C19H12BrN3. The highest BCUT2D eigenvalue weighted by atomic mass is 79.9. The van der Waals surface area contributed by atoms with E-state index in [-0.39, 0.29) is 0 Å². The van der Waals surface area contributed by atoms with Crippen LogP contribution in [0.25, 0.3) is 21.5 Å². The molecule has 2 heterocycles. The Bertz CT molecular complexity index is 995. The second-order valence-corrected chi connectivity index (χ2v) is 5.71. The van der Waals surface area contributed by atoms with E-state index in [9.17, 15) is 0 Å². The Hall–Kier alpha value is -2.77. The van der Waals surface area contributed by atoms with Crippen LogP contribution in [0.15, 0.2) is 77.8 Å². The molecule has 0 unspecified atom stereocenters. The maximum Gasteiger partial charge on any atom is 0.0998 e. The molecule has 4 aromatic rings. The van der Waals surface area contributed by atoms with Gasteiger partial charge in [0.05, 0.1) is 11.6 Å². The van der Waals surface area contributed by atoms with Crippen molar-refractivity contribution in [1.29, 1.82) is 5.26 Å². The molecule has 0 aliphatic rings. The Balaban J connectivity index is 0.000000136. The van der Waals surface area contributed by atoms with Gasteiger partial charge in [-0.15, -0.1) is 0 Å². The maximum atomic E-state index is 8.76. The summed E-state index contributed by atoms with van der Waals surface area (Å²) in [5.74, 6) is 0. The summed E-state index contributed by atoms with van der Waals surface area (Å²) in [7, 11) is 0. The molecule has 3 nitrogen and oxygen atoms in total. The predicted molar refractivity (Wildman–Crippen MR) is 95.9 cm³/mol. The van der Waals surface area contributed by atoms with Crippen LogP contribution in [0.3, 0.4) is 0 Å². The van der Waals surface area contributed by atoms with Crippen molar-refractivity contribution in [2.45, 2.75) is 0 Å². The summed E-state index contributed by atoms with van der Waals surface area (Å²) in [6.45, 7) is 0. The number of nitriles is 1. The third-order valence-electron chi connectivity index (χ3n) is 3.43. The number of nitrogens with zero attached hydrogens (tertiary/aromatic N) is 3. The van der Waals surface area contributed by atoms with E-state index in [0.29, 0.717) is 5.56 Å². The summed E-state index contributed by atoms with van der Waals surface area (Å²) in [5, 5.41) is 13.1. The van der Waals surface area contributed by atoms with E-state index in [0.717, 1.165) is 20.6 Å². The van der Waals surface area contributed by atoms with Crippen molar-refractivity contribution < 1.29 is 0 Å². The largest absolute Gasteiger partial charge is 0.264 e. The zero-order valence-corrected chi connectivity index (χ0v) is 13.7. The van der Waals surface area contributed by atoms with Crippen molar-refractivity contribution in [3.05, 3.63) is 83.4 Å². The van der Waals surface area contributed by atoms with Crippen LogP contribution in [0.2, 0.25) is 0 Å². The van der Waals surface area contributed by atoms with Crippen molar-refractivity contribution in [3.8, 4) is 6.07 Å². The van der Waals surface area contributed by atoms with E-state index >= 15 is 0 Å². The van der Waals surface area contributed by atoms with Crippen LogP contribution in [0, 0.1) is 11.3 Å². The van der Waals surface area contributed by atoms with Crippen LogP contribution in [-0.4, -0.2) is 9.97 Å². The molecule has 0 aliphatic carbocycles. The molecule has 4 rings (SSSR count). The maximum absolute atomic E-state index is 8.76. The van der Waals surface area contributed by atoms with Crippen molar-refractivity contribution in [2.24, 2.45) is 0 Å². The average molecular weight is 362 g/mol. The normalized spacial score (nSPS) is 9.91. The fraction of sp³-hybridized carbons (Fsp3) is 0. The van der Waals surface area contributed by atoms with Gasteiger partial charge in [-0.2, -0.15) is 5.26 Å². The van der Waals surface area contributed by atoms with Crippen LogP contribution in [0.4, 0.5) is 0 Å². The monoisotopic (exact) mass is 361 g/mol. The SMILES string of the molecule is Brc1cccc2ccncc12.N#Cc1cccc2ccncc12. The summed E-state index contributed by atoms with van der Waals surface area (Å²) < 4.78 is 1.10. The van der Waals surface area contributed by atoms with Crippen LogP contribution in [0.1, 0.15) is 5.56 Å². The molecule has 0 fully saturated rings. The highest BCUT2D eigenvalue weighted by molar-refractivity contribution is 9.10. The number of hydrogen-bond donors (Lipinski definition) is 0. The van der Waals surface area contributed by atoms with Gasteiger partial charge in [-0.3, -0.25) is 9.97 Å². The molecule has 0 saturated carbocycles. The Morgan fingerprint density at radius 1 is 0.783 bits per heavy atom. The van der Waals surface area contributed by atoms with E-state index < -0.39 is 0 Å². The molecule has 2 aromatic heterocycles. The first-order valence-corrected chi connectivity index (χ1v) is 7.80. The zero-order valence-electron chi connectivity index (χ0n) is 12.1. The second-order valence-electron chi connectivity index (χ2n) is 4.85. The Morgan fingerprint density at radius 3 is 2.04 bits per heavy atom. The van der Waals surface area contributed by atoms with Crippen LogP contribution in [0.5, 0.6) is 0 Å². The number of halogens is 1. The highest BCUT2D eigenvalue weighted by Gasteiger charge is 1.97. The first-order chi connectivity index (χ1) is 11.3. The summed E-state index contributed by atoms with van der Waals surface area (Å²) in [5.41, 5.74) is 0.681. The van der Waals surface area contributed by atoms with Gasteiger partial charge < -0.3 is 0 Å². The van der Waals surface area contributed by atoms with Gasteiger partial charge in [-0.1, -0.05) is 40.2 Å². The molecule has 0 amide bonds. The first-order valence-electron chi connectivity index (χ1n) is 7.00. The fourth-order valence-electron chi connectivity index (χ4n) is 2.29. The van der Waals surface area contributed by atoms with Crippen LogP contribution < -0.4 is 0 Å².